The lowest BCUT2D eigenvalue weighted by molar-refractivity contribution is -0.131. The second-order valence-electron chi connectivity index (χ2n) is 5.46. The van der Waals surface area contributed by atoms with Gasteiger partial charge >= 0.3 is 12.1 Å². The lowest BCUT2D eigenvalue weighted by Crippen LogP contribution is -2.37. The van der Waals surface area contributed by atoms with Gasteiger partial charge in [0.15, 0.2) is 0 Å². The number of hydrogen-bond acceptors (Lipinski definition) is 3. The maximum atomic E-state index is 11.9. The largest absolute Gasteiger partial charge is 0.478 e. The first kappa shape index (κ1) is 14.5. The van der Waals surface area contributed by atoms with Crippen molar-refractivity contribution in [3.63, 3.8) is 0 Å². The van der Waals surface area contributed by atoms with Crippen molar-refractivity contribution in [3.8, 4) is 0 Å². The number of rotatable bonds is 1. The molecule has 1 rings (SSSR count). The molecule has 0 aromatic carbocycles. The first-order chi connectivity index (χ1) is 8.28. The summed E-state index contributed by atoms with van der Waals surface area (Å²) in [5, 5.41) is 8.70. The summed E-state index contributed by atoms with van der Waals surface area (Å²) in [6.45, 7) is 6.63. The Morgan fingerprint density at radius 1 is 1.28 bits per heavy atom. The lowest BCUT2D eigenvalue weighted by atomic mass is 10.1. The van der Waals surface area contributed by atoms with Crippen molar-refractivity contribution in [3.05, 3.63) is 11.6 Å². The molecule has 1 fully saturated rings. The summed E-state index contributed by atoms with van der Waals surface area (Å²) in [4.78, 5) is 24.1. The number of amides is 1. The Morgan fingerprint density at radius 2 is 1.94 bits per heavy atom. The summed E-state index contributed by atoms with van der Waals surface area (Å²) in [5.41, 5.74) is 0.386. The van der Waals surface area contributed by atoms with E-state index in [2.05, 4.69) is 0 Å². The molecule has 0 unspecified atom stereocenters. The van der Waals surface area contributed by atoms with Crippen molar-refractivity contribution in [1.82, 2.24) is 4.90 Å². The third kappa shape index (κ3) is 5.21. The molecule has 1 N–H and O–H groups in total. The van der Waals surface area contributed by atoms with Crippen molar-refractivity contribution >= 4 is 12.1 Å². The Balaban J connectivity index is 2.57. The SMILES string of the molecule is CC(C)(C)OC(=O)N1CCC/C(=C\C(=O)O)CC1. The third-order valence-corrected chi connectivity index (χ3v) is 2.61. The van der Waals surface area contributed by atoms with Gasteiger partial charge in [0.1, 0.15) is 5.60 Å². The molecule has 102 valence electrons. The highest BCUT2D eigenvalue weighted by Crippen LogP contribution is 2.18. The van der Waals surface area contributed by atoms with Crippen LogP contribution in [0.2, 0.25) is 0 Å². The van der Waals surface area contributed by atoms with Gasteiger partial charge in [-0.1, -0.05) is 5.57 Å². The fourth-order valence-corrected chi connectivity index (χ4v) is 1.84. The van der Waals surface area contributed by atoms with Crippen LogP contribution in [-0.2, 0) is 9.53 Å². The van der Waals surface area contributed by atoms with Gasteiger partial charge in [-0.15, -0.1) is 0 Å². The minimum Gasteiger partial charge on any atom is -0.478 e. The van der Waals surface area contributed by atoms with Crippen LogP contribution in [0.3, 0.4) is 0 Å². The van der Waals surface area contributed by atoms with Gasteiger partial charge in [-0.25, -0.2) is 9.59 Å². The van der Waals surface area contributed by atoms with Crippen molar-refractivity contribution < 1.29 is 19.4 Å². The van der Waals surface area contributed by atoms with E-state index >= 15 is 0 Å². The normalized spacial score (nSPS) is 19.5. The molecule has 0 aromatic rings. The molecule has 0 bridgehead atoms. The molecular formula is C13H21NO4. The minimum atomic E-state index is -0.921. The van der Waals surface area contributed by atoms with E-state index < -0.39 is 11.6 Å². The molecule has 0 aromatic heterocycles. The second-order valence-corrected chi connectivity index (χ2v) is 5.46. The number of hydrogen-bond donors (Lipinski definition) is 1. The molecule has 18 heavy (non-hydrogen) atoms. The summed E-state index contributed by atoms with van der Waals surface area (Å²) in [5.74, 6) is -0.921. The van der Waals surface area contributed by atoms with Crippen LogP contribution < -0.4 is 0 Å². The van der Waals surface area contributed by atoms with Crippen LogP contribution >= 0.6 is 0 Å². The van der Waals surface area contributed by atoms with Crippen LogP contribution in [0.25, 0.3) is 0 Å². The van der Waals surface area contributed by atoms with Crippen molar-refractivity contribution in [2.45, 2.75) is 45.6 Å². The molecule has 0 saturated carbocycles. The highest BCUT2D eigenvalue weighted by Gasteiger charge is 2.23. The molecule has 1 aliphatic heterocycles. The van der Waals surface area contributed by atoms with E-state index in [0.29, 0.717) is 19.5 Å². The van der Waals surface area contributed by atoms with Gasteiger partial charge in [-0.3, -0.25) is 0 Å². The summed E-state index contributed by atoms with van der Waals surface area (Å²) in [6, 6.07) is 0. The summed E-state index contributed by atoms with van der Waals surface area (Å²) in [6.07, 6.45) is 3.03. The Hall–Kier alpha value is -1.52. The average Bonchev–Trinajstić information content (AvgIpc) is 2.39. The van der Waals surface area contributed by atoms with Crippen molar-refractivity contribution in [2.75, 3.05) is 13.1 Å². The number of likely N-dealkylation sites (tertiary alicyclic amines) is 1. The van der Waals surface area contributed by atoms with Crippen LogP contribution in [0.15, 0.2) is 11.6 Å². The minimum absolute atomic E-state index is 0.320. The fourth-order valence-electron chi connectivity index (χ4n) is 1.84. The maximum absolute atomic E-state index is 11.9. The average molecular weight is 255 g/mol. The van der Waals surface area contributed by atoms with E-state index in [9.17, 15) is 9.59 Å². The number of carbonyl (C=O) groups excluding carboxylic acids is 1. The van der Waals surface area contributed by atoms with Crippen molar-refractivity contribution in [2.24, 2.45) is 0 Å². The highest BCUT2D eigenvalue weighted by atomic mass is 16.6. The molecule has 1 aliphatic rings. The summed E-state index contributed by atoms with van der Waals surface area (Å²) < 4.78 is 5.30. The fraction of sp³-hybridized carbons (Fsp3) is 0.692. The zero-order valence-corrected chi connectivity index (χ0v) is 11.2. The Morgan fingerprint density at radius 3 is 2.50 bits per heavy atom. The highest BCUT2D eigenvalue weighted by molar-refractivity contribution is 5.80. The van der Waals surface area contributed by atoms with Gasteiger partial charge in [-0.2, -0.15) is 0 Å². The molecule has 0 aliphatic carbocycles. The molecular weight excluding hydrogens is 234 g/mol. The van der Waals surface area contributed by atoms with Crippen LogP contribution in [0.4, 0.5) is 4.79 Å². The van der Waals surface area contributed by atoms with E-state index in [1.54, 1.807) is 4.90 Å². The second kappa shape index (κ2) is 5.89. The van der Waals surface area contributed by atoms with E-state index in [1.165, 1.54) is 6.08 Å². The van der Waals surface area contributed by atoms with Gasteiger partial charge in [0.05, 0.1) is 0 Å². The zero-order chi connectivity index (χ0) is 13.8. The van der Waals surface area contributed by atoms with Gasteiger partial charge in [0, 0.05) is 19.2 Å². The quantitative estimate of drug-likeness (QED) is 0.731. The number of ether oxygens (including phenoxy) is 1. The Kier molecular flexibility index (Phi) is 4.76. The van der Waals surface area contributed by atoms with Crippen molar-refractivity contribution in [1.29, 1.82) is 0 Å². The Bertz CT molecular complexity index is 354. The number of carbonyl (C=O) groups is 2. The molecule has 1 heterocycles. The van der Waals surface area contributed by atoms with Crippen LogP contribution in [0.5, 0.6) is 0 Å². The number of carboxylic acid groups (broad SMARTS) is 1. The summed E-state index contributed by atoms with van der Waals surface area (Å²) >= 11 is 0. The van der Waals surface area contributed by atoms with Gasteiger partial charge in [-0.05, 0) is 40.0 Å². The van der Waals surface area contributed by atoms with E-state index in [0.717, 1.165) is 18.4 Å². The number of aliphatic carboxylic acids is 1. The standard InChI is InChI=1S/C13H21NO4/c1-13(2,3)18-12(17)14-7-4-5-10(6-8-14)9-11(15)16/h9H,4-8H2,1-3H3,(H,15,16)/b10-9+. The van der Waals surface area contributed by atoms with Gasteiger partial charge in [0.25, 0.3) is 0 Å². The van der Waals surface area contributed by atoms with Crippen LogP contribution in [-0.4, -0.2) is 40.8 Å². The summed E-state index contributed by atoms with van der Waals surface area (Å²) in [7, 11) is 0. The van der Waals surface area contributed by atoms with E-state index in [1.807, 2.05) is 20.8 Å². The van der Waals surface area contributed by atoms with Crippen LogP contribution in [0.1, 0.15) is 40.0 Å². The van der Waals surface area contributed by atoms with Gasteiger partial charge in [0.2, 0.25) is 0 Å². The third-order valence-electron chi connectivity index (χ3n) is 2.61. The predicted molar refractivity (Wildman–Crippen MR) is 67.4 cm³/mol. The molecule has 1 amide bonds. The molecule has 0 radical (unpaired) electrons. The number of nitrogens with zero attached hydrogens (tertiary/aromatic N) is 1. The monoisotopic (exact) mass is 255 g/mol. The molecule has 1 saturated heterocycles. The van der Waals surface area contributed by atoms with E-state index in [-0.39, 0.29) is 6.09 Å². The topological polar surface area (TPSA) is 66.8 Å². The Labute approximate surface area is 107 Å². The molecule has 0 atom stereocenters. The molecule has 5 nitrogen and oxygen atoms in total. The maximum Gasteiger partial charge on any atom is 0.410 e. The molecule has 5 heteroatoms. The molecule has 0 spiro atoms. The first-order valence-electron chi connectivity index (χ1n) is 6.18. The van der Waals surface area contributed by atoms with E-state index in [4.69, 9.17) is 9.84 Å². The predicted octanol–water partition coefficient (Wildman–Crippen LogP) is 2.42. The number of carboxylic acids is 1. The van der Waals surface area contributed by atoms with Crippen LogP contribution in [0, 0.1) is 0 Å². The van der Waals surface area contributed by atoms with Gasteiger partial charge < -0.3 is 14.7 Å². The first-order valence-corrected chi connectivity index (χ1v) is 6.18. The lowest BCUT2D eigenvalue weighted by Gasteiger charge is -2.26. The smallest absolute Gasteiger partial charge is 0.410 e. The zero-order valence-electron chi connectivity index (χ0n) is 11.2.